The molecule has 0 heterocycles. The quantitative estimate of drug-likeness (QED) is 0.768. The van der Waals surface area contributed by atoms with Gasteiger partial charge >= 0.3 is 0 Å². The van der Waals surface area contributed by atoms with Gasteiger partial charge in [-0.25, -0.2) is 0 Å². The van der Waals surface area contributed by atoms with Crippen molar-refractivity contribution in [2.45, 2.75) is 12.5 Å². The number of nitrogens with two attached hydrogens (primary N) is 1. The van der Waals surface area contributed by atoms with Crippen LogP contribution in [0.1, 0.15) is 23.6 Å². The Bertz CT molecular complexity index is 551. The molecular weight excluding hydrogens is 288 g/mol. The fourth-order valence-electron chi connectivity index (χ4n) is 2.09. The van der Waals surface area contributed by atoms with Crippen LogP contribution in [-0.4, -0.2) is 17.6 Å². The van der Waals surface area contributed by atoms with Gasteiger partial charge in [0, 0.05) is 18.0 Å². The van der Waals surface area contributed by atoms with Crippen molar-refractivity contribution in [1.82, 2.24) is 5.32 Å². The molecule has 0 aromatic heterocycles. The van der Waals surface area contributed by atoms with Gasteiger partial charge in [0.25, 0.3) is 0 Å². The summed E-state index contributed by atoms with van der Waals surface area (Å²) in [5, 5.41) is 13.4. The molecule has 0 radical (unpaired) electrons. The number of aromatic hydroxyl groups is 1. The summed E-state index contributed by atoms with van der Waals surface area (Å²) < 4.78 is 0. The molecule has 0 saturated heterocycles. The van der Waals surface area contributed by atoms with Crippen LogP contribution in [0.2, 0.25) is 5.02 Å². The molecule has 0 aliphatic rings. The summed E-state index contributed by atoms with van der Waals surface area (Å²) in [6.45, 7) is 0.476. The lowest BCUT2D eigenvalue weighted by Gasteiger charge is -2.20. The van der Waals surface area contributed by atoms with E-state index in [0.29, 0.717) is 11.6 Å². The lowest BCUT2D eigenvalue weighted by Crippen LogP contribution is -2.27. The van der Waals surface area contributed by atoms with Gasteiger partial charge in [0.1, 0.15) is 5.75 Å². The number of halogens is 1. The number of phenols is 1. The van der Waals surface area contributed by atoms with Crippen LogP contribution in [0.5, 0.6) is 5.75 Å². The van der Waals surface area contributed by atoms with Gasteiger partial charge in [0.2, 0.25) is 5.91 Å². The van der Waals surface area contributed by atoms with Gasteiger partial charge in [-0.1, -0.05) is 35.9 Å². The van der Waals surface area contributed by atoms with Crippen molar-refractivity contribution in [3.8, 4) is 5.75 Å². The van der Waals surface area contributed by atoms with Gasteiger partial charge in [-0.3, -0.25) is 4.79 Å². The molecule has 0 fully saturated rings. The molecule has 0 aliphatic carbocycles. The summed E-state index contributed by atoms with van der Waals surface area (Å²) in [5.74, 6) is -0.131. The Labute approximate surface area is 128 Å². The summed E-state index contributed by atoms with van der Waals surface area (Å²) in [5.41, 5.74) is 7.17. The molecule has 1 amide bonds. The zero-order chi connectivity index (χ0) is 15.2. The molecule has 0 aliphatic heterocycles. The number of hydrogen-bond donors (Lipinski definition) is 3. The smallest absolute Gasteiger partial charge is 0.218 e. The zero-order valence-electron chi connectivity index (χ0n) is 11.4. The van der Waals surface area contributed by atoms with Gasteiger partial charge in [-0.2, -0.15) is 0 Å². The molecular formula is C16H17ClN2O2. The van der Waals surface area contributed by atoms with E-state index in [4.69, 9.17) is 17.3 Å². The van der Waals surface area contributed by atoms with Crippen molar-refractivity contribution < 1.29 is 9.90 Å². The first-order valence-corrected chi connectivity index (χ1v) is 7.00. The van der Waals surface area contributed by atoms with Crippen LogP contribution in [0.3, 0.4) is 0 Å². The average molecular weight is 305 g/mol. The molecule has 5 heteroatoms. The van der Waals surface area contributed by atoms with E-state index < -0.39 is 0 Å². The second kappa shape index (κ2) is 7.11. The minimum absolute atomic E-state index is 0.0952. The number of phenolic OH excluding ortho intramolecular Hbond substituents is 1. The first-order valence-electron chi connectivity index (χ1n) is 6.62. The third-order valence-corrected chi connectivity index (χ3v) is 3.40. The highest BCUT2D eigenvalue weighted by atomic mass is 35.5. The van der Waals surface area contributed by atoms with Crippen molar-refractivity contribution in [2.24, 2.45) is 5.73 Å². The fourth-order valence-corrected chi connectivity index (χ4v) is 2.22. The van der Waals surface area contributed by atoms with E-state index in [1.807, 2.05) is 36.4 Å². The van der Waals surface area contributed by atoms with Gasteiger partial charge < -0.3 is 16.2 Å². The van der Waals surface area contributed by atoms with E-state index in [2.05, 4.69) is 5.32 Å². The first-order chi connectivity index (χ1) is 10.1. The summed E-state index contributed by atoms with van der Waals surface area (Å²) in [6.07, 6.45) is 0.266. The molecule has 1 unspecified atom stereocenters. The lowest BCUT2D eigenvalue weighted by atomic mass is 9.98. The minimum Gasteiger partial charge on any atom is -0.508 e. The highest BCUT2D eigenvalue weighted by molar-refractivity contribution is 6.30. The highest BCUT2D eigenvalue weighted by Gasteiger charge is 2.13. The van der Waals surface area contributed by atoms with E-state index in [0.717, 1.165) is 11.1 Å². The van der Waals surface area contributed by atoms with Crippen LogP contribution in [0, 0.1) is 0 Å². The number of primary amides is 1. The molecule has 2 aromatic rings. The first kappa shape index (κ1) is 15.4. The summed E-state index contributed by atoms with van der Waals surface area (Å²) in [4.78, 5) is 10.9. The topological polar surface area (TPSA) is 75.4 Å². The van der Waals surface area contributed by atoms with Gasteiger partial charge in [0.15, 0.2) is 0 Å². The number of rotatable bonds is 6. The molecule has 110 valence electrons. The molecule has 2 rings (SSSR count). The van der Waals surface area contributed by atoms with E-state index in [1.54, 1.807) is 12.1 Å². The monoisotopic (exact) mass is 304 g/mol. The molecule has 0 spiro atoms. The predicted octanol–water partition coefficient (Wildman–Crippen LogP) is 2.60. The molecule has 0 saturated carbocycles. The Morgan fingerprint density at radius 3 is 2.14 bits per heavy atom. The maximum absolute atomic E-state index is 10.9. The Morgan fingerprint density at radius 2 is 1.62 bits per heavy atom. The Kier molecular flexibility index (Phi) is 5.20. The van der Waals surface area contributed by atoms with Crippen molar-refractivity contribution >= 4 is 17.5 Å². The Morgan fingerprint density at radius 1 is 1.10 bits per heavy atom. The SMILES string of the molecule is NC(=O)CCNC(c1ccc(O)cc1)c1ccc(Cl)cc1. The number of nitrogens with one attached hydrogen (secondary N) is 1. The largest absolute Gasteiger partial charge is 0.508 e. The lowest BCUT2D eigenvalue weighted by molar-refractivity contribution is -0.117. The predicted molar refractivity (Wildman–Crippen MR) is 83.2 cm³/mol. The maximum Gasteiger partial charge on any atom is 0.218 e. The van der Waals surface area contributed by atoms with Crippen molar-refractivity contribution in [3.63, 3.8) is 0 Å². The second-order valence-electron chi connectivity index (χ2n) is 4.75. The third kappa shape index (κ3) is 4.48. The van der Waals surface area contributed by atoms with Crippen LogP contribution in [0.15, 0.2) is 48.5 Å². The van der Waals surface area contributed by atoms with Crippen LogP contribution in [0.4, 0.5) is 0 Å². The summed E-state index contributed by atoms with van der Waals surface area (Å²) in [7, 11) is 0. The minimum atomic E-state index is -0.344. The van der Waals surface area contributed by atoms with Crippen LogP contribution >= 0.6 is 11.6 Å². The van der Waals surface area contributed by atoms with E-state index >= 15 is 0 Å². The van der Waals surface area contributed by atoms with Crippen LogP contribution in [-0.2, 0) is 4.79 Å². The van der Waals surface area contributed by atoms with Crippen LogP contribution in [0.25, 0.3) is 0 Å². The Hall–Kier alpha value is -2.04. The number of carbonyl (C=O) groups is 1. The molecule has 21 heavy (non-hydrogen) atoms. The fraction of sp³-hybridized carbons (Fsp3) is 0.188. The van der Waals surface area contributed by atoms with E-state index in [1.165, 1.54) is 0 Å². The maximum atomic E-state index is 10.9. The number of amides is 1. The molecule has 4 nitrogen and oxygen atoms in total. The van der Waals surface area contributed by atoms with Crippen molar-refractivity contribution in [3.05, 3.63) is 64.7 Å². The molecule has 1 atom stereocenters. The standard InChI is InChI=1S/C16H17ClN2O2/c17-13-5-1-11(2-6-13)16(19-10-9-15(18)21)12-3-7-14(20)8-4-12/h1-8,16,19-20H,9-10H2,(H2,18,21). The van der Waals surface area contributed by atoms with Crippen molar-refractivity contribution in [1.29, 1.82) is 0 Å². The van der Waals surface area contributed by atoms with Gasteiger partial charge in [0.05, 0.1) is 6.04 Å². The van der Waals surface area contributed by atoms with Gasteiger partial charge in [-0.15, -0.1) is 0 Å². The molecule has 0 bridgehead atoms. The molecule has 2 aromatic carbocycles. The highest BCUT2D eigenvalue weighted by Crippen LogP contribution is 2.25. The third-order valence-electron chi connectivity index (χ3n) is 3.15. The summed E-state index contributed by atoms with van der Waals surface area (Å²) in [6, 6.07) is 14.3. The average Bonchev–Trinajstić information content (AvgIpc) is 2.46. The van der Waals surface area contributed by atoms with Crippen LogP contribution < -0.4 is 11.1 Å². The number of carbonyl (C=O) groups excluding carboxylic acids is 1. The number of benzene rings is 2. The van der Waals surface area contributed by atoms with E-state index in [9.17, 15) is 9.90 Å². The number of hydrogen-bond acceptors (Lipinski definition) is 3. The van der Waals surface area contributed by atoms with Gasteiger partial charge in [-0.05, 0) is 35.4 Å². The zero-order valence-corrected chi connectivity index (χ0v) is 12.2. The van der Waals surface area contributed by atoms with Crippen molar-refractivity contribution in [2.75, 3.05) is 6.54 Å². The normalized spacial score (nSPS) is 12.0. The van der Waals surface area contributed by atoms with E-state index in [-0.39, 0.29) is 24.1 Å². The molecule has 4 N–H and O–H groups in total. The summed E-state index contributed by atoms with van der Waals surface area (Å²) >= 11 is 5.91. The second-order valence-corrected chi connectivity index (χ2v) is 5.18. The Balaban J connectivity index is 2.22.